The van der Waals surface area contributed by atoms with Crippen molar-refractivity contribution in [1.29, 1.82) is 0 Å². The van der Waals surface area contributed by atoms with Crippen LogP contribution in [0.1, 0.15) is 46.5 Å². The summed E-state index contributed by atoms with van der Waals surface area (Å²) < 4.78 is 0. The molecule has 0 aromatic rings. The molecule has 96 valence electrons. The summed E-state index contributed by atoms with van der Waals surface area (Å²) in [7, 11) is 0. The molecule has 1 unspecified atom stereocenters. The average molecular weight is 247 g/mol. The minimum Gasteiger partial charge on any atom is -0.388 e. The van der Waals surface area contributed by atoms with Crippen molar-refractivity contribution >= 4 is 17.7 Å². The first-order chi connectivity index (χ1) is 7.52. The average Bonchev–Trinajstić information content (AvgIpc) is 2.22. The van der Waals surface area contributed by atoms with E-state index in [0.717, 1.165) is 25.0 Å². The topological polar surface area (TPSA) is 49.3 Å². The van der Waals surface area contributed by atoms with E-state index >= 15 is 0 Å². The van der Waals surface area contributed by atoms with E-state index in [2.05, 4.69) is 12.2 Å². The van der Waals surface area contributed by atoms with Crippen LogP contribution in [-0.2, 0) is 4.79 Å². The van der Waals surface area contributed by atoms with Crippen molar-refractivity contribution in [2.45, 2.75) is 52.1 Å². The van der Waals surface area contributed by atoms with Crippen LogP contribution in [0.25, 0.3) is 0 Å². The summed E-state index contributed by atoms with van der Waals surface area (Å²) in [5, 5.41) is 12.6. The maximum atomic E-state index is 11.4. The van der Waals surface area contributed by atoms with Crippen LogP contribution in [0, 0.1) is 0 Å². The SMILES string of the molecule is CCCCSCC(=O)NCC(C)(O)CCC. The number of nitrogens with one attached hydrogen (secondary N) is 1. The Morgan fingerprint density at radius 3 is 2.62 bits per heavy atom. The van der Waals surface area contributed by atoms with Crippen molar-refractivity contribution < 1.29 is 9.90 Å². The highest BCUT2D eigenvalue weighted by Gasteiger charge is 2.19. The van der Waals surface area contributed by atoms with E-state index in [-0.39, 0.29) is 5.91 Å². The molecule has 0 aromatic carbocycles. The number of rotatable bonds is 9. The van der Waals surface area contributed by atoms with Gasteiger partial charge in [-0.2, -0.15) is 11.8 Å². The standard InChI is InChI=1S/C12H25NO2S/c1-4-6-8-16-9-11(14)13-10-12(3,15)7-5-2/h15H,4-10H2,1-3H3,(H,13,14). The van der Waals surface area contributed by atoms with Gasteiger partial charge in [0.2, 0.25) is 5.91 Å². The van der Waals surface area contributed by atoms with Gasteiger partial charge in [0.05, 0.1) is 11.4 Å². The molecule has 0 fully saturated rings. The van der Waals surface area contributed by atoms with E-state index in [0.29, 0.717) is 12.3 Å². The first-order valence-electron chi connectivity index (χ1n) is 6.08. The largest absolute Gasteiger partial charge is 0.388 e. The smallest absolute Gasteiger partial charge is 0.230 e. The van der Waals surface area contributed by atoms with Gasteiger partial charge in [-0.3, -0.25) is 4.79 Å². The Balaban J connectivity index is 3.56. The number of carbonyl (C=O) groups excluding carboxylic acids is 1. The second-order valence-electron chi connectivity index (χ2n) is 4.43. The summed E-state index contributed by atoms with van der Waals surface area (Å²) in [6, 6.07) is 0. The van der Waals surface area contributed by atoms with Gasteiger partial charge >= 0.3 is 0 Å². The summed E-state index contributed by atoms with van der Waals surface area (Å²) in [4.78, 5) is 11.4. The quantitative estimate of drug-likeness (QED) is 0.614. The molecule has 0 aliphatic carbocycles. The summed E-state index contributed by atoms with van der Waals surface area (Å²) >= 11 is 1.66. The van der Waals surface area contributed by atoms with Gasteiger partial charge < -0.3 is 10.4 Å². The van der Waals surface area contributed by atoms with E-state index in [1.54, 1.807) is 18.7 Å². The lowest BCUT2D eigenvalue weighted by molar-refractivity contribution is -0.119. The van der Waals surface area contributed by atoms with Crippen LogP contribution in [0.4, 0.5) is 0 Å². The Bertz CT molecular complexity index is 195. The first-order valence-corrected chi connectivity index (χ1v) is 7.24. The van der Waals surface area contributed by atoms with Crippen LogP contribution in [0.3, 0.4) is 0 Å². The van der Waals surface area contributed by atoms with Crippen LogP contribution in [0.15, 0.2) is 0 Å². The summed E-state index contributed by atoms with van der Waals surface area (Å²) in [6.45, 7) is 6.29. The number of thioether (sulfide) groups is 1. The highest BCUT2D eigenvalue weighted by Crippen LogP contribution is 2.10. The Hall–Kier alpha value is -0.220. The Morgan fingerprint density at radius 2 is 2.06 bits per heavy atom. The van der Waals surface area contributed by atoms with Gasteiger partial charge in [0, 0.05) is 6.54 Å². The predicted molar refractivity (Wildman–Crippen MR) is 70.8 cm³/mol. The fourth-order valence-electron chi connectivity index (χ4n) is 1.38. The monoisotopic (exact) mass is 247 g/mol. The van der Waals surface area contributed by atoms with Crippen LogP contribution in [-0.4, -0.2) is 34.7 Å². The Labute approximate surface area is 103 Å². The molecule has 2 N–H and O–H groups in total. The number of aliphatic hydroxyl groups is 1. The third-order valence-electron chi connectivity index (χ3n) is 2.33. The van der Waals surface area contributed by atoms with E-state index in [4.69, 9.17) is 0 Å². The van der Waals surface area contributed by atoms with Crippen molar-refractivity contribution in [1.82, 2.24) is 5.32 Å². The Morgan fingerprint density at radius 1 is 1.38 bits per heavy atom. The molecule has 1 amide bonds. The van der Waals surface area contributed by atoms with Crippen molar-refractivity contribution in [3.63, 3.8) is 0 Å². The molecule has 16 heavy (non-hydrogen) atoms. The maximum absolute atomic E-state index is 11.4. The van der Waals surface area contributed by atoms with E-state index in [1.165, 1.54) is 6.42 Å². The van der Waals surface area contributed by atoms with Gasteiger partial charge in [-0.15, -0.1) is 0 Å². The van der Waals surface area contributed by atoms with E-state index < -0.39 is 5.60 Å². The molecule has 3 nitrogen and oxygen atoms in total. The van der Waals surface area contributed by atoms with Crippen LogP contribution < -0.4 is 5.32 Å². The molecule has 1 atom stereocenters. The third kappa shape index (κ3) is 9.04. The van der Waals surface area contributed by atoms with Crippen LogP contribution >= 0.6 is 11.8 Å². The summed E-state index contributed by atoms with van der Waals surface area (Å²) in [5.74, 6) is 1.56. The second-order valence-corrected chi connectivity index (χ2v) is 5.53. The van der Waals surface area contributed by atoms with Crippen molar-refractivity contribution in [3.05, 3.63) is 0 Å². The normalized spacial score (nSPS) is 14.5. The predicted octanol–water partition coefficient (Wildman–Crippen LogP) is 2.19. The summed E-state index contributed by atoms with van der Waals surface area (Å²) in [5.41, 5.74) is -0.765. The Kier molecular flexibility index (Phi) is 8.76. The van der Waals surface area contributed by atoms with Gasteiger partial charge in [0.1, 0.15) is 0 Å². The molecule has 0 bridgehead atoms. The highest BCUT2D eigenvalue weighted by atomic mass is 32.2. The zero-order valence-corrected chi connectivity index (χ0v) is 11.5. The van der Waals surface area contributed by atoms with Gasteiger partial charge in [-0.05, 0) is 25.5 Å². The molecule has 0 radical (unpaired) electrons. The molecule has 0 aliphatic heterocycles. The van der Waals surface area contributed by atoms with E-state index in [1.807, 2.05) is 6.92 Å². The van der Waals surface area contributed by atoms with Gasteiger partial charge in [-0.25, -0.2) is 0 Å². The minimum atomic E-state index is -0.765. The lowest BCUT2D eigenvalue weighted by Crippen LogP contribution is -2.41. The van der Waals surface area contributed by atoms with Crippen molar-refractivity contribution in [3.8, 4) is 0 Å². The van der Waals surface area contributed by atoms with Crippen molar-refractivity contribution in [2.75, 3.05) is 18.1 Å². The highest BCUT2D eigenvalue weighted by molar-refractivity contribution is 7.99. The summed E-state index contributed by atoms with van der Waals surface area (Å²) in [6.07, 6.45) is 3.97. The third-order valence-corrected chi connectivity index (χ3v) is 3.37. The molecular weight excluding hydrogens is 222 g/mol. The lowest BCUT2D eigenvalue weighted by atomic mass is 10.0. The zero-order chi connectivity index (χ0) is 12.4. The molecule has 0 rings (SSSR count). The van der Waals surface area contributed by atoms with Gasteiger partial charge in [-0.1, -0.05) is 26.7 Å². The molecular formula is C12H25NO2S. The number of hydrogen-bond acceptors (Lipinski definition) is 3. The number of amides is 1. The molecule has 0 saturated heterocycles. The molecule has 0 aliphatic rings. The fraction of sp³-hybridized carbons (Fsp3) is 0.917. The molecule has 0 spiro atoms. The number of hydrogen-bond donors (Lipinski definition) is 2. The van der Waals surface area contributed by atoms with Crippen LogP contribution in [0.2, 0.25) is 0 Å². The van der Waals surface area contributed by atoms with Crippen molar-refractivity contribution in [2.24, 2.45) is 0 Å². The van der Waals surface area contributed by atoms with Gasteiger partial charge in [0.25, 0.3) is 0 Å². The maximum Gasteiger partial charge on any atom is 0.230 e. The molecule has 0 saturated carbocycles. The first kappa shape index (κ1) is 15.8. The molecule has 0 aromatic heterocycles. The number of carbonyl (C=O) groups is 1. The molecule has 4 heteroatoms. The lowest BCUT2D eigenvalue weighted by Gasteiger charge is -2.22. The minimum absolute atomic E-state index is 0.0254. The van der Waals surface area contributed by atoms with E-state index in [9.17, 15) is 9.90 Å². The fourth-order valence-corrected chi connectivity index (χ4v) is 2.30. The second kappa shape index (κ2) is 8.88. The van der Waals surface area contributed by atoms with Gasteiger partial charge in [0.15, 0.2) is 0 Å². The van der Waals surface area contributed by atoms with Crippen LogP contribution in [0.5, 0.6) is 0 Å². The number of unbranched alkanes of at least 4 members (excludes halogenated alkanes) is 1. The zero-order valence-electron chi connectivity index (χ0n) is 10.7. The molecule has 0 heterocycles.